The first-order valence-electron chi connectivity index (χ1n) is 9.12. The molecule has 1 heterocycles. The zero-order chi connectivity index (χ0) is 19.2. The maximum Gasteiger partial charge on any atom is 0.276 e. The van der Waals surface area contributed by atoms with Crippen molar-refractivity contribution in [2.45, 2.75) is 44.9 Å². The van der Waals surface area contributed by atoms with Crippen LogP contribution in [0.5, 0.6) is 0 Å². The lowest BCUT2D eigenvalue weighted by atomic mass is 9.93. The Bertz CT molecular complexity index is 1160. The minimum absolute atomic E-state index is 0.219. The number of aryl methyl sites for hydroxylation is 4. The molecule has 1 aliphatic rings. The number of fused-ring (bicyclic) bond motifs is 3. The highest BCUT2D eigenvalue weighted by molar-refractivity contribution is 7.89. The number of hydrogen-bond acceptors (Lipinski definition) is 3. The second-order valence-corrected chi connectivity index (χ2v) is 8.96. The Hall–Kier alpha value is -2.60. The maximum absolute atomic E-state index is 12.5. The molecule has 6 heteroatoms. The van der Waals surface area contributed by atoms with Gasteiger partial charge in [-0.1, -0.05) is 29.3 Å². The van der Waals surface area contributed by atoms with Crippen molar-refractivity contribution in [1.29, 1.82) is 0 Å². The molecule has 0 saturated heterocycles. The first kappa shape index (κ1) is 17.8. The predicted molar refractivity (Wildman–Crippen MR) is 109 cm³/mol. The summed E-state index contributed by atoms with van der Waals surface area (Å²) in [6.45, 7) is 6.11. The first-order valence-corrected chi connectivity index (χ1v) is 10.6. The van der Waals surface area contributed by atoms with Gasteiger partial charge in [-0.15, -0.1) is 0 Å². The molecule has 2 aromatic carbocycles. The molecule has 0 aliphatic heterocycles. The molecule has 0 atom stereocenters. The van der Waals surface area contributed by atoms with Crippen LogP contribution in [0.3, 0.4) is 0 Å². The zero-order valence-electron chi connectivity index (χ0n) is 15.8. The number of sulfonamides is 1. The van der Waals surface area contributed by atoms with Gasteiger partial charge in [0.15, 0.2) is 0 Å². The lowest BCUT2D eigenvalue weighted by Crippen LogP contribution is -2.22. The van der Waals surface area contributed by atoms with Crippen molar-refractivity contribution in [3.8, 4) is 0 Å². The zero-order valence-corrected chi connectivity index (χ0v) is 16.6. The Balaban J connectivity index is 1.72. The molecule has 0 fully saturated rings. The molecular formula is C21H23N3O2S. The second kappa shape index (κ2) is 6.53. The smallest absolute Gasteiger partial charge is 0.276 e. The summed E-state index contributed by atoms with van der Waals surface area (Å²) in [5.74, 6) is 0. The summed E-state index contributed by atoms with van der Waals surface area (Å²) in [6, 6.07) is 11.1. The van der Waals surface area contributed by atoms with Crippen LogP contribution in [-0.4, -0.2) is 19.1 Å². The third kappa shape index (κ3) is 3.25. The lowest BCUT2D eigenvalue weighted by Gasteiger charge is -2.14. The summed E-state index contributed by atoms with van der Waals surface area (Å²) >= 11 is 0. The van der Waals surface area contributed by atoms with Gasteiger partial charge in [-0.2, -0.15) is 18.4 Å². The van der Waals surface area contributed by atoms with Crippen molar-refractivity contribution >= 4 is 26.6 Å². The Morgan fingerprint density at radius 2 is 1.74 bits per heavy atom. The van der Waals surface area contributed by atoms with Crippen LogP contribution in [0.1, 0.15) is 40.8 Å². The molecule has 0 unspecified atom stereocenters. The molecule has 0 bridgehead atoms. The molecule has 5 nitrogen and oxygen atoms in total. The average molecular weight is 382 g/mol. The highest BCUT2D eigenvalue weighted by Crippen LogP contribution is 2.31. The number of nitrogens with zero attached hydrogens (tertiary/aromatic N) is 1. The Labute approximate surface area is 159 Å². The summed E-state index contributed by atoms with van der Waals surface area (Å²) in [7, 11) is -3.68. The van der Waals surface area contributed by atoms with E-state index < -0.39 is 10.0 Å². The van der Waals surface area contributed by atoms with Crippen molar-refractivity contribution in [2.75, 3.05) is 0 Å². The predicted octanol–water partition coefficient (Wildman–Crippen LogP) is 4.11. The van der Waals surface area contributed by atoms with Crippen LogP contribution in [0.25, 0.3) is 10.9 Å². The minimum Gasteiger partial charge on any atom is -0.353 e. The molecule has 4 rings (SSSR count). The molecule has 3 aromatic rings. The molecule has 0 amide bonds. The van der Waals surface area contributed by atoms with Crippen molar-refractivity contribution in [3.63, 3.8) is 0 Å². The Morgan fingerprint density at radius 1 is 1.00 bits per heavy atom. The minimum atomic E-state index is -3.68. The quantitative estimate of drug-likeness (QED) is 0.670. The molecule has 0 saturated carbocycles. The van der Waals surface area contributed by atoms with Crippen LogP contribution in [0.4, 0.5) is 0 Å². The molecule has 2 N–H and O–H groups in total. The van der Waals surface area contributed by atoms with Gasteiger partial charge in [-0.25, -0.2) is 0 Å². The molecule has 0 spiro atoms. The van der Waals surface area contributed by atoms with Crippen molar-refractivity contribution in [2.24, 2.45) is 5.10 Å². The van der Waals surface area contributed by atoms with Gasteiger partial charge < -0.3 is 4.98 Å². The van der Waals surface area contributed by atoms with Crippen LogP contribution >= 0.6 is 0 Å². The monoisotopic (exact) mass is 381 g/mol. The van der Waals surface area contributed by atoms with E-state index in [9.17, 15) is 8.42 Å². The van der Waals surface area contributed by atoms with E-state index >= 15 is 0 Å². The van der Waals surface area contributed by atoms with E-state index in [2.05, 4.69) is 40.9 Å². The van der Waals surface area contributed by atoms with Gasteiger partial charge in [0, 0.05) is 10.9 Å². The van der Waals surface area contributed by atoms with Gasteiger partial charge in [-0.3, -0.25) is 0 Å². The van der Waals surface area contributed by atoms with Crippen molar-refractivity contribution in [3.05, 3.63) is 64.3 Å². The number of rotatable bonds is 3. The molecule has 1 aliphatic carbocycles. The van der Waals surface area contributed by atoms with E-state index in [1.54, 1.807) is 24.3 Å². The maximum atomic E-state index is 12.5. The number of hydrazone groups is 1. The summed E-state index contributed by atoms with van der Waals surface area (Å²) in [5.41, 5.74) is 7.50. The van der Waals surface area contributed by atoms with Gasteiger partial charge in [0.05, 0.1) is 16.3 Å². The van der Waals surface area contributed by atoms with Gasteiger partial charge in [0.2, 0.25) is 0 Å². The summed E-state index contributed by atoms with van der Waals surface area (Å²) < 4.78 is 25.1. The fourth-order valence-corrected chi connectivity index (χ4v) is 4.60. The van der Waals surface area contributed by atoms with Gasteiger partial charge in [0.1, 0.15) is 0 Å². The van der Waals surface area contributed by atoms with E-state index in [1.807, 2.05) is 6.92 Å². The number of nitrogens with one attached hydrogen (secondary N) is 2. The largest absolute Gasteiger partial charge is 0.353 e. The second-order valence-electron chi connectivity index (χ2n) is 7.30. The number of hydrogen-bond donors (Lipinski definition) is 2. The molecular weight excluding hydrogens is 358 g/mol. The first-order chi connectivity index (χ1) is 12.8. The molecule has 27 heavy (non-hydrogen) atoms. The average Bonchev–Trinajstić information content (AvgIpc) is 3.00. The number of H-pyrrole nitrogens is 1. The number of aromatic amines is 1. The summed E-state index contributed by atoms with van der Waals surface area (Å²) in [4.78, 5) is 6.11. The van der Waals surface area contributed by atoms with Crippen LogP contribution in [-0.2, 0) is 16.4 Å². The topological polar surface area (TPSA) is 74.3 Å². The fraction of sp³-hybridized carbons (Fsp3) is 0.286. The SMILES string of the molecule is Cc1ccc(S(=O)(=O)N/N=C2/CCCc3c2[nH]c2c(C)cc(C)cc32)cc1. The number of benzene rings is 2. The molecule has 1 aromatic heterocycles. The van der Waals surface area contributed by atoms with Crippen molar-refractivity contribution < 1.29 is 8.42 Å². The van der Waals surface area contributed by atoms with Gasteiger partial charge in [-0.05, 0) is 69.4 Å². The summed E-state index contributed by atoms with van der Waals surface area (Å²) in [6.07, 6.45) is 2.67. The Morgan fingerprint density at radius 3 is 2.48 bits per heavy atom. The van der Waals surface area contributed by atoms with E-state index in [0.717, 1.165) is 41.7 Å². The summed E-state index contributed by atoms with van der Waals surface area (Å²) in [5, 5.41) is 5.51. The third-order valence-electron chi connectivity index (χ3n) is 5.12. The molecule has 140 valence electrons. The fourth-order valence-electron chi connectivity index (χ4n) is 3.77. The molecule has 0 radical (unpaired) electrons. The Kier molecular flexibility index (Phi) is 4.30. The van der Waals surface area contributed by atoms with Crippen LogP contribution < -0.4 is 4.83 Å². The van der Waals surface area contributed by atoms with Crippen LogP contribution in [0.2, 0.25) is 0 Å². The third-order valence-corrected chi connectivity index (χ3v) is 6.34. The van der Waals surface area contributed by atoms with Crippen LogP contribution in [0, 0.1) is 20.8 Å². The normalized spacial score (nSPS) is 15.9. The number of aromatic nitrogens is 1. The van der Waals surface area contributed by atoms with E-state index in [1.165, 1.54) is 22.1 Å². The van der Waals surface area contributed by atoms with E-state index in [0.29, 0.717) is 0 Å². The van der Waals surface area contributed by atoms with Crippen molar-refractivity contribution in [1.82, 2.24) is 9.82 Å². The lowest BCUT2D eigenvalue weighted by molar-refractivity contribution is 0.584. The highest BCUT2D eigenvalue weighted by atomic mass is 32.2. The van der Waals surface area contributed by atoms with Crippen LogP contribution in [0.15, 0.2) is 46.4 Å². The van der Waals surface area contributed by atoms with E-state index in [-0.39, 0.29) is 4.90 Å². The highest BCUT2D eigenvalue weighted by Gasteiger charge is 2.22. The van der Waals surface area contributed by atoms with Gasteiger partial charge in [0.25, 0.3) is 10.0 Å². The van der Waals surface area contributed by atoms with Gasteiger partial charge >= 0.3 is 0 Å². The standard InChI is InChI=1S/C21H23N3O2S/c1-13-7-9-16(10-8-13)27(25,26)24-23-19-6-4-5-17-18-12-14(2)11-15(3)20(18)22-21(17)19/h7-12,22,24H,4-6H2,1-3H3/b23-19-. The van der Waals surface area contributed by atoms with E-state index in [4.69, 9.17) is 0 Å².